The topological polar surface area (TPSA) is 57.7 Å². The van der Waals surface area contributed by atoms with Gasteiger partial charge in [-0.05, 0) is 47.2 Å². The van der Waals surface area contributed by atoms with Gasteiger partial charge in [-0.3, -0.25) is 14.4 Å². The second kappa shape index (κ2) is 8.62. The van der Waals surface area contributed by atoms with E-state index in [2.05, 4.69) is 31.9 Å². The largest absolute Gasteiger partial charge is 0.339 e. The molecular weight excluding hydrogens is 608 g/mol. The van der Waals surface area contributed by atoms with Crippen LogP contribution in [0.25, 0.3) is 0 Å². The first-order valence-corrected chi connectivity index (χ1v) is 14.8. The molecule has 0 aromatic heterocycles. The van der Waals surface area contributed by atoms with Crippen LogP contribution in [0.1, 0.15) is 58.3 Å². The highest BCUT2D eigenvalue weighted by molar-refractivity contribution is 9.10. The Balaban J connectivity index is 1.39. The fourth-order valence-electron chi connectivity index (χ4n) is 7.20. The van der Waals surface area contributed by atoms with E-state index in [0.717, 1.165) is 47.9 Å². The average molecular weight is 634 g/mol. The third-order valence-electron chi connectivity index (χ3n) is 8.85. The molecule has 5 nitrogen and oxygen atoms in total. The monoisotopic (exact) mass is 632 g/mol. The summed E-state index contributed by atoms with van der Waals surface area (Å²) in [4.78, 5) is 45.8. The molecule has 3 aromatic rings. The molecular formula is C31H26Br2N2O3. The molecule has 7 heteroatoms. The van der Waals surface area contributed by atoms with Gasteiger partial charge in [0.1, 0.15) is 0 Å². The van der Waals surface area contributed by atoms with Crippen molar-refractivity contribution in [2.24, 2.45) is 11.8 Å². The van der Waals surface area contributed by atoms with Crippen LogP contribution in [-0.4, -0.2) is 35.7 Å². The van der Waals surface area contributed by atoms with Crippen LogP contribution in [-0.2, 0) is 18.2 Å². The third-order valence-corrected chi connectivity index (χ3v) is 11.5. The number of nitrogens with zero attached hydrogens (tertiary/aromatic N) is 2. The molecule has 0 N–H and O–H groups in total. The molecule has 3 amide bonds. The summed E-state index contributed by atoms with van der Waals surface area (Å²) in [6.45, 7) is 1.39. The lowest BCUT2D eigenvalue weighted by atomic mass is 9.54. The number of alkyl halides is 2. The number of anilines is 1. The lowest BCUT2D eigenvalue weighted by Crippen LogP contribution is -2.56. The third kappa shape index (κ3) is 3.00. The van der Waals surface area contributed by atoms with Crippen molar-refractivity contribution in [2.45, 2.75) is 34.3 Å². The Morgan fingerprint density at radius 3 is 1.55 bits per heavy atom. The fraction of sp³-hybridized carbons (Fsp3) is 0.323. The van der Waals surface area contributed by atoms with Gasteiger partial charge < -0.3 is 4.90 Å². The predicted molar refractivity (Wildman–Crippen MR) is 153 cm³/mol. The van der Waals surface area contributed by atoms with Gasteiger partial charge in [-0.25, -0.2) is 4.90 Å². The van der Waals surface area contributed by atoms with E-state index in [-0.39, 0.29) is 17.7 Å². The quantitative estimate of drug-likeness (QED) is 0.253. The predicted octanol–water partition coefficient (Wildman–Crippen LogP) is 6.11. The Morgan fingerprint density at radius 2 is 1.08 bits per heavy atom. The van der Waals surface area contributed by atoms with Gasteiger partial charge in [-0.15, -0.1) is 0 Å². The van der Waals surface area contributed by atoms with Crippen molar-refractivity contribution in [3.05, 3.63) is 101 Å². The molecule has 2 saturated heterocycles. The maximum Gasteiger partial charge on any atom is 0.255 e. The van der Waals surface area contributed by atoms with Crippen molar-refractivity contribution in [1.29, 1.82) is 0 Å². The Morgan fingerprint density at radius 1 is 0.658 bits per heavy atom. The Hall–Kier alpha value is -2.77. The molecule has 3 aliphatic carbocycles. The minimum absolute atomic E-state index is 0.116. The van der Waals surface area contributed by atoms with E-state index in [1.54, 1.807) is 24.3 Å². The molecule has 2 bridgehead atoms. The first kappa shape index (κ1) is 24.3. The van der Waals surface area contributed by atoms with Gasteiger partial charge >= 0.3 is 0 Å². The number of carbonyl (C=O) groups excluding carboxylic acids is 3. The Labute approximate surface area is 238 Å². The zero-order chi connectivity index (χ0) is 26.2. The molecule has 5 aliphatic rings. The SMILES string of the molecule is O=C(c1ccccc1N1C(=O)[C@H]2[C@H](C1=O)C1(Br)c3ccccc3C2(Br)c2ccccc21)N1CCCCCC1. The van der Waals surface area contributed by atoms with Crippen molar-refractivity contribution in [1.82, 2.24) is 4.90 Å². The number of amides is 3. The fourth-order valence-corrected chi connectivity index (χ4v) is 9.50. The van der Waals surface area contributed by atoms with Gasteiger partial charge in [0.2, 0.25) is 11.8 Å². The molecule has 0 saturated carbocycles. The zero-order valence-corrected chi connectivity index (χ0v) is 23.9. The molecule has 0 spiro atoms. The summed E-state index contributed by atoms with van der Waals surface area (Å²) >= 11 is 8.10. The number of para-hydroxylation sites is 1. The number of halogens is 2. The lowest BCUT2D eigenvalue weighted by Gasteiger charge is -2.55. The van der Waals surface area contributed by atoms with E-state index in [4.69, 9.17) is 0 Å². The molecule has 3 aromatic carbocycles. The second-order valence-electron chi connectivity index (χ2n) is 10.7. The summed E-state index contributed by atoms with van der Waals surface area (Å²) in [5, 5.41) is 0. The summed E-state index contributed by atoms with van der Waals surface area (Å²) in [5.41, 5.74) is 4.76. The molecule has 38 heavy (non-hydrogen) atoms. The number of likely N-dealkylation sites (tertiary alicyclic amines) is 1. The molecule has 2 atom stereocenters. The minimum Gasteiger partial charge on any atom is -0.339 e. The van der Waals surface area contributed by atoms with Gasteiger partial charge in [-0.2, -0.15) is 0 Å². The van der Waals surface area contributed by atoms with Gasteiger partial charge in [0.25, 0.3) is 5.91 Å². The number of imide groups is 1. The van der Waals surface area contributed by atoms with Crippen molar-refractivity contribution < 1.29 is 14.4 Å². The van der Waals surface area contributed by atoms with Crippen molar-refractivity contribution in [3.8, 4) is 0 Å². The molecule has 0 unspecified atom stereocenters. The van der Waals surface area contributed by atoms with E-state index in [1.807, 2.05) is 53.4 Å². The van der Waals surface area contributed by atoms with Gasteiger partial charge in [0.15, 0.2) is 0 Å². The van der Waals surface area contributed by atoms with Crippen molar-refractivity contribution in [3.63, 3.8) is 0 Å². The highest BCUT2D eigenvalue weighted by atomic mass is 79.9. The highest BCUT2D eigenvalue weighted by Crippen LogP contribution is 2.70. The first-order valence-electron chi connectivity index (χ1n) is 13.2. The second-order valence-corrected chi connectivity index (χ2v) is 13.2. The van der Waals surface area contributed by atoms with E-state index < -0.39 is 20.5 Å². The van der Waals surface area contributed by atoms with Crippen LogP contribution in [0.3, 0.4) is 0 Å². The minimum atomic E-state index is -0.856. The molecule has 192 valence electrons. The summed E-state index contributed by atoms with van der Waals surface area (Å²) in [6, 6.07) is 23.2. The Kier molecular flexibility index (Phi) is 5.51. The normalized spacial score (nSPS) is 29.5. The summed E-state index contributed by atoms with van der Waals surface area (Å²) in [5.74, 6) is -2.00. The molecule has 2 aliphatic heterocycles. The molecule has 2 fully saturated rings. The van der Waals surface area contributed by atoms with E-state index >= 15 is 0 Å². The zero-order valence-electron chi connectivity index (χ0n) is 20.7. The van der Waals surface area contributed by atoms with E-state index in [0.29, 0.717) is 24.3 Å². The molecule has 2 heterocycles. The summed E-state index contributed by atoms with van der Waals surface area (Å²) in [6.07, 6.45) is 4.15. The number of benzene rings is 3. The van der Waals surface area contributed by atoms with Gasteiger partial charge in [0, 0.05) is 13.1 Å². The van der Waals surface area contributed by atoms with Crippen LogP contribution in [0.2, 0.25) is 0 Å². The van der Waals surface area contributed by atoms with E-state index in [1.165, 1.54) is 4.90 Å². The van der Waals surface area contributed by atoms with Gasteiger partial charge in [0.05, 0.1) is 31.7 Å². The maximum absolute atomic E-state index is 14.4. The summed E-state index contributed by atoms with van der Waals surface area (Å²) < 4.78 is -1.71. The van der Waals surface area contributed by atoms with Crippen LogP contribution >= 0.6 is 31.9 Å². The number of carbonyl (C=O) groups is 3. The lowest BCUT2D eigenvalue weighted by molar-refractivity contribution is -0.122. The van der Waals surface area contributed by atoms with Crippen LogP contribution in [0, 0.1) is 11.8 Å². The number of hydrogen-bond donors (Lipinski definition) is 0. The van der Waals surface area contributed by atoms with Crippen molar-refractivity contribution >= 4 is 55.3 Å². The van der Waals surface area contributed by atoms with Crippen LogP contribution < -0.4 is 4.90 Å². The number of hydrogen-bond acceptors (Lipinski definition) is 3. The van der Waals surface area contributed by atoms with E-state index in [9.17, 15) is 14.4 Å². The highest BCUT2D eigenvalue weighted by Gasteiger charge is 2.72. The van der Waals surface area contributed by atoms with Crippen LogP contribution in [0.4, 0.5) is 5.69 Å². The first-order chi connectivity index (χ1) is 18.4. The van der Waals surface area contributed by atoms with Gasteiger partial charge in [-0.1, -0.05) is 105 Å². The number of rotatable bonds is 2. The maximum atomic E-state index is 14.4. The van der Waals surface area contributed by atoms with Crippen LogP contribution in [0.5, 0.6) is 0 Å². The summed E-state index contributed by atoms with van der Waals surface area (Å²) in [7, 11) is 0. The molecule has 8 rings (SSSR count). The van der Waals surface area contributed by atoms with Crippen molar-refractivity contribution in [2.75, 3.05) is 18.0 Å². The smallest absolute Gasteiger partial charge is 0.255 e. The Bertz CT molecular complexity index is 1390. The molecule has 0 radical (unpaired) electrons. The average Bonchev–Trinajstić information content (AvgIpc) is 3.09. The standard InChI is InChI=1S/C31H26Br2N2O3/c32-30-20-12-4-5-13-21(20)31(33,23-15-7-6-14-22(23)30)26-25(30)28(37)35(29(26)38)24-16-8-3-11-19(24)27(36)34-17-9-1-2-10-18-34/h3-8,11-16,25-26H,1-2,9-10,17-18H2/t25-,26-,30?,31?/m1/s1. The van der Waals surface area contributed by atoms with Crippen LogP contribution in [0.15, 0.2) is 72.8 Å².